The molecule has 5 nitrogen and oxygen atoms in total. The lowest BCUT2D eigenvalue weighted by Gasteiger charge is -2.37. The van der Waals surface area contributed by atoms with Gasteiger partial charge in [-0.25, -0.2) is 4.39 Å². The first-order valence-electron chi connectivity index (χ1n) is 11.8. The Morgan fingerprint density at radius 1 is 0.824 bits per heavy atom. The van der Waals surface area contributed by atoms with Crippen molar-refractivity contribution in [2.24, 2.45) is 0 Å². The van der Waals surface area contributed by atoms with E-state index in [1.54, 1.807) is 0 Å². The van der Waals surface area contributed by atoms with Gasteiger partial charge in [-0.05, 0) is 41.8 Å². The molecule has 3 aromatic rings. The predicted octanol–water partition coefficient (Wildman–Crippen LogP) is 3.35. The molecule has 3 aromatic carbocycles. The number of aliphatic hydroxyl groups excluding tert-OH is 1. The van der Waals surface area contributed by atoms with Crippen molar-refractivity contribution in [2.75, 3.05) is 32.7 Å². The van der Waals surface area contributed by atoms with E-state index in [2.05, 4.69) is 39.4 Å². The summed E-state index contributed by atoms with van der Waals surface area (Å²) in [6.45, 7) is 5.03. The third-order valence-electron chi connectivity index (χ3n) is 6.34. The third kappa shape index (κ3) is 6.97. The van der Waals surface area contributed by atoms with Crippen molar-refractivity contribution in [3.63, 3.8) is 0 Å². The van der Waals surface area contributed by atoms with Crippen LogP contribution >= 0.6 is 0 Å². The molecule has 0 aromatic heterocycles. The first-order valence-corrected chi connectivity index (χ1v) is 11.8. The van der Waals surface area contributed by atoms with Crippen LogP contribution in [0.3, 0.4) is 0 Å². The fourth-order valence-corrected chi connectivity index (χ4v) is 4.37. The summed E-state index contributed by atoms with van der Waals surface area (Å²) in [5, 5.41) is 14.1. The van der Waals surface area contributed by atoms with Crippen molar-refractivity contribution in [1.82, 2.24) is 15.1 Å². The normalized spacial score (nSPS) is 16.6. The van der Waals surface area contributed by atoms with E-state index in [4.69, 9.17) is 0 Å². The van der Waals surface area contributed by atoms with Gasteiger partial charge < -0.3 is 10.4 Å². The summed E-state index contributed by atoms with van der Waals surface area (Å²) in [5.74, 6) is -0.698. The smallest absolute Gasteiger partial charge is 0.251 e. The number of amides is 1. The summed E-state index contributed by atoms with van der Waals surface area (Å²) in [6, 6.07) is 25.3. The van der Waals surface area contributed by atoms with Crippen LogP contribution in [0.4, 0.5) is 4.39 Å². The van der Waals surface area contributed by atoms with Gasteiger partial charge in [0, 0.05) is 44.8 Å². The van der Waals surface area contributed by atoms with E-state index in [-0.39, 0.29) is 11.7 Å². The van der Waals surface area contributed by atoms with Gasteiger partial charge in [0.25, 0.3) is 5.91 Å². The molecule has 1 amide bonds. The molecule has 1 aliphatic heterocycles. The van der Waals surface area contributed by atoms with Gasteiger partial charge in [0.05, 0.1) is 12.1 Å². The Balaban J connectivity index is 1.35. The summed E-state index contributed by atoms with van der Waals surface area (Å²) >= 11 is 0. The van der Waals surface area contributed by atoms with Crippen molar-refractivity contribution in [3.05, 3.63) is 107 Å². The van der Waals surface area contributed by atoms with Gasteiger partial charge in [-0.1, -0.05) is 60.7 Å². The Bertz CT molecular complexity index is 1020. The van der Waals surface area contributed by atoms with Gasteiger partial charge in [0.2, 0.25) is 0 Å². The largest absolute Gasteiger partial charge is 0.390 e. The third-order valence-corrected chi connectivity index (χ3v) is 6.34. The van der Waals surface area contributed by atoms with Crippen LogP contribution in [0.15, 0.2) is 84.9 Å². The number of benzene rings is 3. The monoisotopic (exact) mass is 461 g/mol. The van der Waals surface area contributed by atoms with Gasteiger partial charge in [-0.2, -0.15) is 0 Å². The number of carbonyl (C=O) groups is 1. The number of piperazine rings is 1. The van der Waals surface area contributed by atoms with Crippen LogP contribution in [0.1, 0.15) is 21.5 Å². The number of carbonyl (C=O) groups excluding carboxylic acids is 1. The number of hydrogen-bond acceptors (Lipinski definition) is 4. The molecule has 1 heterocycles. The second-order valence-electron chi connectivity index (χ2n) is 8.91. The molecule has 0 radical (unpaired) electrons. The minimum Gasteiger partial charge on any atom is -0.390 e. The molecule has 2 atom stereocenters. The lowest BCUT2D eigenvalue weighted by atomic mass is 10.00. The van der Waals surface area contributed by atoms with Crippen molar-refractivity contribution in [3.8, 4) is 0 Å². The lowest BCUT2D eigenvalue weighted by Crippen LogP contribution is -2.53. The number of halogens is 1. The van der Waals surface area contributed by atoms with Crippen LogP contribution in [-0.2, 0) is 13.0 Å². The van der Waals surface area contributed by atoms with Crippen LogP contribution in [0.25, 0.3) is 0 Å². The average molecular weight is 462 g/mol. The summed E-state index contributed by atoms with van der Waals surface area (Å²) in [5.41, 5.74) is 2.72. The van der Waals surface area contributed by atoms with Crippen LogP contribution < -0.4 is 5.32 Å². The highest BCUT2D eigenvalue weighted by molar-refractivity contribution is 5.94. The molecule has 2 N–H and O–H groups in total. The number of aliphatic hydroxyl groups is 1. The van der Waals surface area contributed by atoms with Crippen molar-refractivity contribution in [2.45, 2.75) is 25.1 Å². The quantitative estimate of drug-likeness (QED) is 0.513. The van der Waals surface area contributed by atoms with Crippen molar-refractivity contribution in [1.29, 1.82) is 0 Å². The summed E-state index contributed by atoms with van der Waals surface area (Å²) < 4.78 is 13.3. The highest BCUT2D eigenvalue weighted by atomic mass is 19.1. The summed E-state index contributed by atoms with van der Waals surface area (Å²) in [7, 11) is 0. The molecule has 34 heavy (non-hydrogen) atoms. The number of β-amino-alcohol motifs (C(OH)–C–C–N with tert-alkyl or cyclic N) is 1. The molecule has 0 saturated carbocycles. The Kier molecular flexibility index (Phi) is 8.41. The molecule has 0 aliphatic carbocycles. The second kappa shape index (κ2) is 11.9. The zero-order valence-electron chi connectivity index (χ0n) is 19.3. The molecule has 1 aliphatic rings. The molecule has 1 fully saturated rings. The summed E-state index contributed by atoms with van der Waals surface area (Å²) in [4.78, 5) is 17.5. The van der Waals surface area contributed by atoms with E-state index in [1.807, 2.05) is 36.4 Å². The first-order chi connectivity index (χ1) is 16.6. The Morgan fingerprint density at radius 2 is 1.38 bits per heavy atom. The van der Waals surface area contributed by atoms with Crippen LogP contribution in [0.2, 0.25) is 0 Å². The van der Waals surface area contributed by atoms with Crippen LogP contribution in [0.5, 0.6) is 0 Å². The zero-order valence-corrected chi connectivity index (χ0v) is 19.3. The van der Waals surface area contributed by atoms with E-state index < -0.39 is 12.1 Å². The topological polar surface area (TPSA) is 55.8 Å². The minimum atomic E-state index is -0.731. The number of hydrogen-bond donors (Lipinski definition) is 2. The molecule has 4 rings (SSSR count). The zero-order chi connectivity index (χ0) is 23.8. The van der Waals surface area contributed by atoms with E-state index >= 15 is 0 Å². The van der Waals surface area contributed by atoms with Crippen LogP contribution in [0, 0.1) is 5.82 Å². The van der Waals surface area contributed by atoms with Gasteiger partial charge in [0.15, 0.2) is 0 Å². The van der Waals surface area contributed by atoms with E-state index in [1.165, 1.54) is 29.8 Å². The SMILES string of the molecule is O=C(N[C@@H](Cc1ccccc1)[C@@H](O)CN1CCN(Cc2ccccc2)CC1)c1ccc(F)cc1. The molecule has 178 valence electrons. The molecular formula is C28H32FN3O2. The lowest BCUT2D eigenvalue weighted by molar-refractivity contribution is 0.0478. The van der Waals surface area contributed by atoms with Crippen molar-refractivity contribution < 1.29 is 14.3 Å². The number of nitrogens with zero attached hydrogens (tertiary/aromatic N) is 2. The maximum atomic E-state index is 13.3. The van der Waals surface area contributed by atoms with E-state index in [0.29, 0.717) is 18.5 Å². The fourth-order valence-electron chi connectivity index (χ4n) is 4.37. The maximum Gasteiger partial charge on any atom is 0.251 e. The maximum absolute atomic E-state index is 13.3. The second-order valence-corrected chi connectivity index (χ2v) is 8.91. The van der Waals surface area contributed by atoms with Gasteiger partial charge >= 0.3 is 0 Å². The molecule has 0 spiro atoms. The van der Waals surface area contributed by atoms with Gasteiger partial charge in [0.1, 0.15) is 5.82 Å². The highest BCUT2D eigenvalue weighted by Gasteiger charge is 2.26. The molecule has 0 bridgehead atoms. The standard InChI is InChI=1S/C28H32FN3O2/c29-25-13-11-24(12-14-25)28(34)30-26(19-22-7-3-1-4-8-22)27(33)21-32-17-15-31(16-18-32)20-23-9-5-2-6-10-23/h1-14,26-27,33H,15-21H2,(H,30,34)/t26-,27-/m0/s1. The predicted molar refractivity (Wildman–Crippen MR) is 132 cm³/mol. The Hall–Kier alpha value is -3.06. The van der Waals surface area contributed by atoms with Gasteiger partial charge in [-0.15, -0.1) is 0 Å². The average Bonchev–Trinajstić information content (AvgIpc) is 2.86. The van der Waals surface area contributed by atoms with E-state index in [9.17, 15) is 14.3 Å². The van der Waals surface area contributed by atoms with E-state index in [0.717, 1.165) is 38.3 Å². The molecule has 0 unspecified atom stereocenters. The molecule has 6 heteroatoms. The minimum absolute atomic E-state index is 0.312. The highest BCUT2D eigenvalue weighted by Crippen LogP contribution is 2.13. The molecular weight excluding hydrogens is 429 g/mol. The Morgan fingerprint density at radius 3 is 2.00 bits per heavy atom. The van der Waals surface area contributed by atoms with Crippen molar-refractivity contribution >= 4 is 5.91 Å². The number of rotatable bonds is 9. The fraction of sp³-hybridized carbons (Fsp3) is 0.321. The van der Waals surface area contributed by atoms with Crippen LogP contribution in [-0.4, -0.2) is 65.7 Å². The summed E-state index contributed by atoms with van der Waals surface area (Å²) in [6.07, 6.45) is -0.214. The number of nitrogens with one attached hydrogen (secondary N) is 1. The Labute approximate surface area is 200 Å². The van der Waals surface area contributed by atoms with Gasteiger partial charge in [-0.3, -0.25) is 14.6 Å². The molecule has 1 saturated heterocycles. The first kappa shape index (κ1) is 24.1.